The summed E-state index contributed by atoms with van der Waals surface area (Å²) in [4.78, 5) is 11.7. The first kappa shape index (κ1) is 22.0. The van der Waals surface area contributed by atoms with Gasteiger partial charge in [0.1, 0.15) is 30.5 Å². The van der Waals surface area contributed by atoms with E-state index in [1.165, 1.54) is 0 Å². The van der Waals surface area contributed by atoms with Gasteiger partial charge in [-0.2, -0.15) is 0 Å². The molecule has 0 spiro atoms. The van der Waals surface area contributed by atoms with Crippen LogP contribution < -0.4 is 15.2 Å². The molecule has 0 aliphatic rings. The lowest BCUT2D eigenvalue weighted by Crippen LogP contribution is -2.09. The molecule has 0 radical (unpaired) electrons. The molecule has 5 nitrogen and oxygen atoms in total. The van der Waals surface area contributed by atoms with Crippen LogP contribution in [0.25, 0.3) is 0 Å². The van der Waals surface area contributed by atoms with Crippen LogP contribution in [0.1, 0.15) is 26.2 Å². The molecular weight excluding hydrogens is 398 g/mol. The first-order valence-electron chi connectivity index (χ1n) is 8.51. The molecular formula is C20H26BrNO4. The van der Waals surface area contributed by atoms with Crippen molar-refractivity contribution in [1.82, 2.24) is 0 Å². The van der Waals surface area contributed by atoms with Gasteiger partial charge in [0.15, 0.2) is 0 Å². The van der Waals surface area contributed by atoms with E-state index < -0.39 is 0 Å². The number of rotatable bonds is 12. The van der Waals surface area contributed by atoms with Gasteiger partial charge in [0.25, 0.3) is 0 Å². The molecule has 2 N–H and O–H groups in total. The van der Waals surface area contributed by atoms with Gasteiger partial charge < -0.3 is 19.9 Å². The summed E-state index contributed by atoms with van der Waals surface area (Å²) < 4.78 is 17.4. The summed E-state index contributed by atoms with van der Waals surface area (Å²) in [7, 11) is 0. The maximum atomic E-state index is 11.7. The van der Waals surface area contributed by atoms with Crippen molar-refractivity contribution in [3.05, 3.63) is 59.3 Å². The van der Waals surface area contributed by atoms with Crippen molar-refractivity contribution >= 4 is 21.9 Å². The van der Waals surface area contributed by atoms with Crippen molar-refractivity contribution in [3.8, 4) is 11.5 Å². The Hall–Kier alpha value is -2.05. The number of nitrogens with two attached hydrogens (primary N) is 1. The molecule has 1 aromatic carbocycles. The van der Waals surface area contributed by atoms with E-state index in [9.17, 15) is 4.79 Å². The lowest BCUT2D eigenvalue weighted by molar-refractivity contribution is -0.134. The van der Waals surface area contributed by atoms with Crippen LogP contribution in [0.2, 0.25) is 0 Å². The zero-order chi connectivity index (χ0) is 19.2. The molecule has 1 aromatic rings. The van der Waals surface area contributed by atoms with E-state index >= 15 is 0 Å². The molecule has 0 aromatic heterocycles. The molecule has 0 bridgehead atoms. The first-order valence-corrected chi connectivity index (χ1v) is 9.30. The third-order valence-electron chi connectivity index (χ3n) is 3.25. The highest BCUT2D eigenvalue weighted by molar-refractivity contribution is 9.11. The fourth-order valence-corrected chi connectivity index (χ4v) is 2.15. The number of carbonyl (C=O) groups is 1. The van der Waals surface area contributed by atoms with E-state index in [0.717, 1.165) is 17.3 Å². The number of hydrogen-bond donors (Lipinski definition) is 1. The molecule has 0 atom stereocenters. The summed E-state index contributed by atoms with van der Waals surface area (Å²) in [5, 5.41) is 0. The SMILES string of the molecule is C=C/C(=C\C(Br)=C/C)OCCOc1cccc(OC(=O)CCCCN)c1. The van der Waals surface area contributed by atoms with Crippen molar-refractivity contribution in [1.29, 1.82) is 0 Å². The van der Waals surface area contributed by atoms with Crippen LogP contribution in [-0.2, 0) is 9.53 Å². The van der Waals surface area contributed by atoms with Gasteiger partial charge in [0.2, 0.25) is 0 Å². The molecule has 142 valence electrons. The highest BCUT2D eigenvalue weighted by Gasteiger charge is 2.06. The van der Waals surface area contributed by atoms with Gasteiger partial charge in [-0.3, -0.25) is 4.79 Å². The topological polar surface area (TPSA) is 70.8 Å². The van der Waals surface area contributed by atoms with Crippen molar-refractivity contribution in [2.24, 2.45) is 5.73 Å². The van der Waals surface area contributed by atoms with E-state index in [-0.39, 0.29) is 5.97 Å². The lowest BCUT2D eigenvalue weighted by Gasteiger charge is -2.10. The molecule has 1 rings (SSSR count). The monoisotopic (exact) mass is 423 g/mol. The van der Waals surface area contributed by atoms with E-state index in [1.807, 2.05) is 19.1 Å². The van der Waals surface area contributed by atoms with E-state index in [4.69, 9.17) is 19.9 Å². The standard InChI is InChI=1S/C20H26BrNO4/c1-3-16(21)14-17(4-2)24-12-13-25-18-8-7-9-19(15-18)26-20(23)10-5-6-11-22/h3-4,7-9,14-15H,2,5-6,10-13,22H2,1H3/b16-3+,17-14+. The van der Waals surface area contributed by atoms with Gasteiger partial charge >= 0.3 is 5.97 Å². The molecule has 0 aliphatic carbocycles. The zero-order valence-corrected chi connectivity index (χ0v) is 16.7. The minimum Gasteiger partial charge on any atom is -0.490 e. The average molecular weight is 424 g/mol. The summed E-state index contributed by atoms with van der Waals surface area (Å²) >= 11 is 3.39. The highest BCUT2D eigenvalue weighted by Crippen LogP contribution is 2.20. The summed E-state index contributed by atoms with van der Waals surface area (Å²) in [6, 6.07) is 6.97. The van der Waals surface area contributed by atoms with Crippen molar-refractivity contribution in [2.45, 2.75) is 26.2 Å². The Kier molecular flexibility index (Phi) is 11.2. The number of benzene rings is 1. The maximum Gasteiger partial charge on any atom is 0.311 e. The number of allylic oxidation sites excluding steroid dienone is 4. The molecule has 0 saturated heterocycles. The van der Waals surface area contributed by atoms with Crippen LogP contribution in [0.4, 0.5) is 0 Å². The quantitative estimate of drug-likeness (QED) is 0.176. The van der Waals surface area contributed by atoms with E-state index in [1.54, 1.807) is 30.3 Å². The Morgan fingerprint density at radius 1 is 1.27 bits per heavy atom. The third-order valence-corrected chi connectivity index (χ3v) is 3.94. The molecule has 6 heteroatoms. The van der Waals surface area contributed by atoms with Gasteiger partial charge in [-0.15, -0.1) is 0 Å². The predicted octanol–water partition coefficient (Wildman–Crippen LogP) is 4.49. The van der Waals surface area contributed by atoms with Gasteiger partial charge in [-0.05, 0) is 50.6 Å². The molecule has 26 heavy (non-hydrogen) atoms. The van der Waals surface area contributed by atoms with Crippen molar-refractivity contribution < 1.29 is 19.0 Å². The van der Waals surface area contributed by atoms with Crippen LogP contribution in [0.5, 0.6) is 11.5 Å². The molecule has 0 fully saturated rings. The molecule has 0 unspecified atom stereocenters. The second-order valence-corrected chi connectivity index (χ2v) is 6.23. The number of ether oxygens (including phenoxy) is 3. The summed E-state index contributed by atoms with van der Waals surface area (Å²) in [6.45, 7) is 6.93. The van der Waals surface area contributed by atoms with Gasteiger partial charge in [-0.1, -0.05) is 34.7 Å². The van der Waals surface area contributed by atoms with Gasteiger partial charge in [-0.25, -0.2) is 0 Å². The zero-order valence-electron chi connectivity index (χ0n) is 15.1. The van der Waals surface area contributed by atoms with E-state index in [0.29, 0.717) is 43.4 Å². The molecule has 0 heterocycles. The number of esters is 1. The fourth-order valence-electron chi connectivity index (χ4n) is 1.92. The average Bonchev–Trinajstić information content (AvgIpc) is 2.64. The first-order chi connectivity index (χ1) is 12.6. The minimum absolute atomic E-state index is 0.269. The lowest BCUT2D eigenvalue weighted by atomic mass is 10.2. The largest absolute Gasteiger partial charge is 0.490 e. The van der Waals surface area contributed by atoms with Crippen LogP contribution in [0.15, 0.2) is 59.3 Å². The van der Waals surface area contributed by atoms with Crippen LogP contribution in [0, 0.1) is 0 Å². The van der Waals surface area contributed by atoms with Crippen LogP contribution >= 0.6 is 15.9 Å². The number of hydrogen-bond acceptors (Lipinski definition) is 5. The predicted molar refractivity (Wildman–Crippen MR) is 107 cm³/mol. The number of carbonyl (C=O) groups excluding carboxylic acids is 1. The van der Waals surface area contributed by atoms with Crippen molar-refractivity contribution in [3.63, 3.8) is 0 Å². The summed E-state index contributed by atoms with van der Waals surface area (Å²) in [5.41, 5.74) is 5.41. The van der Waals surface area contributed by atoms with Gasteiger partial charge in [0, 0.05) is 17.0 Å². The second kappa shape index (κ2) is 13.2. The maximum absolute atomic E-state index is 11.7. The molecule has 0 amide bonds. The fraction of sp³-hybridized carbons (Fsp3) is 0.350. The smallest absolute Gasteiger partial charge is 0.311 e. The van der Waals surface area contributed by atoms with Crippen LogP contribution in [-0.4, -0.2) is 25.7 Å². The van der Waals surface area contributed by atoms with E-state index in [2.05, 4.69) is 22.5 Å². The van der Waals surface area contributed by atoms with Crippen molar-refractivity contribution in [2.75, 3.05) is 19.8 Å². The number of halogens is 1. The molecule has 0 saturated carbocycles. The Bertz CT molecular complexity index is 640. The summed E-state index contributed by atoms with van der Waals surface area (Å²) in [6.07, 6.45) is 7.27. The second-order valence-electron chi connectivity index (χ2n) is 5.32. The minimum atomic E-state index is -0.269. The molecule has 0 aliphatic heterocycles. The normalized spacial score (nSPS) is 11.8. The summed E-state index contributed by atoms with van der Waals surface area (Å²) in [5.74, 6) is 1.46. The Balaban J connectivity index is 2.43. The Labute approximate surface area is 163 Å². The Morgan fingerprint density at radius 2 is 2.04 bits per heavy atom. The number of unbranched alkanes of at least 4 members (excludes halogenated alkanes) is 1. The van der Waals surface area contributed by atoms with Crippen LogP contribution in [0.3, 0.4) is 0 Å². The third kappa shape index (κ3) is 9.44. The highest BCUT2D eigenvalue weighted by atomic mass is 79.9. The Morgan fingerprint density at radius 3 is 2.73 bits per heavy atom. The van der Waals surface area contributed by atoms with Gasteiger partial charge in [0.05, 0.1) is 0 Å².